The number of H-pyrrole nitrogens is 1. The number of aromatic nitrogens is 4. The topological polar surface area (TPSA) is 136 Å². The van der Waals surface area contributed by atoms with Crippen molar-refractivity contribution in [1.29, 1.82) is 0 Å². The predicted octanol–water partition coefficient (Wildman–Crippen LogP) is 1.05. The van der Waals surface area contributed by atoms with Crippen LogP contribution in [0.1, 0.15) is 26.3 Å². The summed E-state index contributed by atoms with van der Waals surface area (Å²) in [4.78, 5) is 31.2. The van der Waals surface area contributed by atoms with Crippen LogP contribution in [0.4, 0.5) is 5.95 Å². The van der Waals surface area contributed by atoms with Crippen molar-refractivity contribution in [3.05, 3.63) is 50.7 Å². The van der Waals surface area contributed by atoms with E-state index in [2.05, 4.69) is 20.5 Å². The first-order valence-corrected chi connectivity index (χ1v) is 10.1. The number of ether oxygens (including phenoxy) is 2. The van der Waals surface area contributed by atoms with Crippen LogP contribution in [0, 0.1) is 0 Å². The van der Waals surface area contributed by atoms with Crippen molar-refractivity contribution in [2.75, 3.05) is 19.1 Å². The molecule has 0 spiro atoms. The second-order valence-corrected chi connectivity index (χ2v) is 7.61. The van der Waals surface area contributed by atoms with Crippen LogP contribution in [0.2, 0.25) is 0 Å². The maximum Gasteiger partial charge on any atom is 0.329 e. The number of fused-ring (bicyclic) bond motifs is 1. The van der Waals surface area contributed by atoms with E-state index in [-0.39, 0.29) is 36.4 Å². The predicted molar refractivity (Wildman–Crippen MR) is 122 cm³/mol. The van der Waals surface area contributed by atoms with Gasteiger partial charge in [0.1, 0.15) is 5.75 Å². The normalized spacial score (nSPS) is 13.0. The van der Waals surface area contributed by atoms with Crippen molar-refractivity contribution >= 4 is 22.8 Å². The Bertz CT molecular complexity index is 1220. The standard InChI is InChI=1S/C21H28N6O5/c1-12(2)32-11-15(28)10-27-17-18(26(4)21(30)23-19(17)29)22-20(27)25-24-13(3)14-6-8-16(31-5)9-7-14/h6-9,12,15,28H,10-11H2,1-5H3,(H,22,25)(H,23,29,30)/b24-13-. The Balaban J connectivity index is 1.98. The summed E-state index contributed by atoms with van der Waals surface area (Å²) < 4.78 is 13.4. The number of aliphatic hydroxyl groups is 1. The molecule has 0 aliphatic rings. The van der Waals surface area contributed by atoms with E-state index in [1.54, 1.807) is 7.11 Å². The summed E-state index contributed by atoms with van der Waals surface area (Å²) in [5, 5.41) is 14.8. The lowest BCUT2D eigenvalue weighted by molar-refractivity contribution is -0.000105. The van der Waals surface area contributed by atoms with Gasteiger partial charge in [-0.3, -0.25) is 14.3 Å². The first-order chi connectivity index (χ1) is 15.2. The molecule has 3 aromatic rings. The van der Waals surface area contributed by atoms with Gasteiger partial charge in [0.2, 0.25) is 5.95 Å². The Kier molecular flexibility index (Phi) is 7.11. The van der Waals surface area contributed by atoms with Gasteiger partial charge in [-0.1, -0.05) is 0 Å². The zero-order chi connectivity index (χ0) is 23.4. The lowest BCUT2D eigenvalue weighted by atomic mass is 10.1. The molecule has 1 aromatic carbocycles. The molecule has 0 bridgehead atoms. The third-order valence-electron chi connectivity index (χ3n) is 4.85. The van der Waals surface area contributed by atoms with Gasteiger partial charge >= 0.3 is 5.69 Å². The Hall–Kier alpha value is -3.44. The van der Waals surface area contributed by atoms with Crippen LogP contribution in [0.3, 0.4) is 0 Å². The van der Waals surface area contributed by atoms with E-state index in [1.807, 2.05) is 45.0 Å². The van der Waals surface area contributed by atoms with E-state index in [1.165, 1.54) is 16.2 Å². The first kappa shape index (κ1) is 23.2. The molecule has 1 atom stereocenters. The van der Waals surface area contributed by atoms with E-state index in [4.69, 9.17) is 9.47 Å². The molecule has 2 heterocycles. The van der Waals surface area contributed by atoms with Crippen molar-refractivity contribution in [2.24, 2.45) is 12.1 Å². The molecule has 2 aromatic heterocycles. The molecule has 0 radical (unpaired) electrons. The monoisotopic (exact) mass is 444 g/mol. The van der Waals surface area contributed by atoms with Gasteiger partial charge in [0.25, 0.3) is 5.56 Å². The van der Waals surface area contributed by atoms with E-state index in [9.17, 15) is 14.7 Å². The molecule has 0 aliphatic heterocycles. The number of nitrogens with zero attached hydrogens (tertiary/aromatic N) is 4. The number of aliphatic hydroxyl groups excluding tert-OH is 1. The number of anilines is 1. The number of benzene rings is 1. The van der Waals surface area contributed by atoms with Crippen LogP contribution in [0.15, 0.2) is 39.0 Å². The second-order valence-electron chi connectivity index (χ2n) is 7.61. The van der Waals surface area contributed by atoms with E-state index < -0.39 is 17.4 Å². The number of rotatable bonds is 9. The number of nitrogens with one attached hydrogen (secondary N) is 2. The highest BCUT2D eigenvalue weighted by atomic mass is 16.5. The Morgan fingerprint density at radius 2 is 1.97 bits per heavy atom. The lowest BCUT2D eigenvalue weighted by Gasteiger charge is -2.16. The van der Waals surface area contributed by atoms with E-state index in [0.29, 0.717) is 5.71 Å². The van der Waals surface area contributed by atoms with Crippen LogP contribution in [-0.2, 0) is 18.3 Å². The maximum atomic E-state index is 12.5. The Labute approximate surface area is 184 Å². The lowest BCUT2D eigenvalue weighted by Crippen LogP contribution is -2.30. The van der Waals surface area contributed by atoms with Crippen LogP contribution >= 0.6 is 0 Å². The highest BCUT2D eigenvalue weighted by molar-refractivity contribution is 5.99. The number of aromatic amines is 1. The molecule has 11 heteroatoms. The quantitative estimate of drug-likeness (QED) is 0.332. The summed E-state index contributed by atoms with van der Waals surface area (Å²) in [5.74, 6) is 0.942. The van der Waals surface area contributed by atoms with Gasteiger partial charge in [-0.2, -0.15) is 10.1 Å². The van der Waals surface area contributed by atoms with Gasteiger partial charge < -0.3 is 19.1 Å². The minimum atomic E-state index is -0.904. The highest BCUT2D eigenvalue weighted by Gasteiger charge is 2.20. The summed E-state index contributed by atoms with van der Waals surface area (Å²) in [7, 11) is 3.10. The van der Waals surface area contributed by atoms with Gasteiger partial charge in [0.05, 0.1) is 38.2 Å². The first-order valence-electron chi connectivity index (χ1n) is 10.1. The number of hydrazone groups is 1. The largest absolute Gasteiger partial charge is 0.497 e. The zero-order valence-corrected chi connectivity index (χ0v) is 18.7. The molecule has 172 valence electrons. The fourth-order valence-electron chi connectivity index (χ4n) is 3.10. The van der Waals surface area contributed by atoms with E-state index >= 15 is 0 Å². The van der Waals surface area contributed by atoms with E-state index in [0.717, 1.165) is 11.3 Å². The molecule has 11 nitrogen and oxygen atoms in total. The average Bonchev–Trinajstić information content (AvgIpc) is 3.13. The zero-order valence-electron chi connectivity index (χ0n) is 18.7. The Morgan fingerprint density at radius 1 is 1.28 bits per heavy atom. The molecule has 0 saturated heterocycles. The summed E-state index contributed by atoms with van der Waals surface area (Å²) >= 11 is 0. The molecule has 0 aliphatic carbocycles. The molecule has 32 heavy (non-hydrogen) atoms. The summed E-state index contributed by atoms with van der Waals surface area (Å²) in [6, 6.07) is 7.38. The molecule has 1 unspecified atom stereocenters. The molecule has 0 amide bonds. The second kappa shape index (κ2) is 9.79. The molecule has 0 fully saturated rings. The van der Waals surface area contributed by atoms with Crippen LogP contribution in [0.25, 0.3) is 11.2 Å². The Morgan fingerprint density at radius 3 is 2.59 bits per heavy atom. The molecular weight excluding hydrogens is 416 g/mol. The van der Waals surface area contributed by atoms with Gasteiger partial charge in [-0.25, -0.2) is 10.2 Å². The molecule has 3 N–H and O–H groups in total. The van der Waals surface area contributed by atoms with Crippen LogP contribution in [0.5, 0.6) is 5.75 Å². The average molecular weight is 444 g/mol. The van der Waals surface area contributed by atoms with Gasteiger partial charge in [0.15, 0.2) is 11.2 Å². The SMILES string of the molecule is COc1ccc(/C(C)=N\Nc2nc3c(c(=O)[nH]c(=O)n3C)n2CC(O)COC(C)C)cc1. The molecule has 3 rings (SSSR count). The van der Waals surface area contributed by atoms with Crippen LogP contribution in [-0.4, -0.2) is 55.8 Å². The summed E-state index contributed by atoms with van der Waals surface area (Å²) in [6.45, 7) is 5.64. The third kappa shape index (κ3) is 5.06. The van der Waals surface area contributed by atoms with Gasteiger partial charge in [-0.15, -0.1) is 0 Å². The number of aryl methyl sites for hydroxylation is 1. The summed E-state index contributed by atoms with van der Waals surface area (Å²) in [5.41, 5.74) is 3.53. The highest BCUT2D eigenvalue weighted by Crippen LogP contribution is 2.17. The van der Waals surface area contributed by atoms with Crippen molar-refractivity contribution in [3.63, 3.8) is 0 Å². The van der Waals surface area contributed by atoms with Gasteiger partial charge in [-0.05, 0) is 50.6 Å². The fraction of sp³-hybridized carbons (Fsp3) is 0.429. The van der Waals surface area contributed by atoms with Gasteiger partial charge in [0, 0.05) is 7.05 Å². The summed E-state index contributed by atoms with van der Waals surface area (Å²) in [6.07, 6.45) is -0.957. The van der Waals surface area contributed by atoms with Crippen molar-refractivity contribution in [3.8, 4) is 5.75 Å². The minimum absolute atomic E-state index is 0.0178. The number of imidazole rings is 1. The molecular formula is C21H28N6O5. The maximum absolute atomic E-state index is 12.5. The van der Waals surface area contributed by atoms with Crippen molar-refractivity contribution in [2.45, 2.75) is 39.5 Å². The molecule has 0 saturated carbocycles. The van der Waals surface area contributed by atoms with Crippen molar-refractivity contribution < 1.29 is 14.6 Å². The number of hydrogen-bond donors (Lipinski definition) is 3. The fourth-order valence-corrected chi connectivity index (χ4v) is 3.10. The minimum Gasteiger partial charge on any atom is -0.497 e. The van der Waals surface area contributed by atoms with Crippen LogP contribution < -0.4 is 21.4 Å². The third-order valence-corrected chi connectivity index (χ3v) is 4.85. The van der Waals surface area contributed by atoms with Crippen molar-refractivity contribution in [1.82, 2.24) is 19.1 Å². The smallest absolute Gasteiger partial charge is 0.329 e. The number of methoxy groups -OCH3 is 1. The number of hydrogen-bond acceptors (Lipinski definition) is 8.